The van der Waals surface area contributed by atoms with Crippen molar-refractivity contribution in [3.8, 4) is 0 Å². The number of hydrogen-bond acceptors (Lipinski definition) is 1. The summed E-state index contributed by atoms with van der Waals surface area (Å²) in [6, 6.07) is 5.63. The van der Waals surface area contributed by atoms with Gasteiger partial charge in [0, 0.05) is 12.1 Å². The Morgan fingerprint density at radius 2 is 2.00 bits per heavy atom. The van der Waals surface area contributed by atoms with E-state index in [1.807, 2.05) is 0 Å². The largest absolute Gasteiger partial charge is 0.351 e. The molecular weight excluding hydrogens is 205 g/mol. The minimum absolute atomic E-state index is 0.111. The molecule has 0 saturated heterocycles. The van der Waals surface area contributed by atoms with Gasteiger partial charge in [0.05, 0.1) is 0 Å². The fourth-order valence-electron chi connectivity index (χ4n) is 1.80. The first kappa shape index (κ1) is 11.1. The molecule has 0 aliphatic heterocycles. The molecule has 0 unspecified atom stereocenters. The van der Waals surface area contributed by atoms with E-state index in [0.717, 1.165) is 13.0 Å². The molecular formula is C13H16FNO. The van der Waals surface area contributed by atoms with Crippen LogP contribution < -0.4 is 5.32 Å². The van der Waals surface area contributed by atoms with Crippen LogP contribution in [0.2, 0.25) is 0 Å². The van der Waals surface area contributed by atoms with Crippen molar-refractivity contribution in [2.24, 2.45) is 5.41 Å². The smallest absolute Gasteiger partial charge is 0.251 e. The molecule has 2 nitrogen and oxygen atoms in total. The van der Waals surface area contributed by atoms with Crippen molar-refractivity contribution in [2.75, 3.05) is 6.54 Å². The standard InChI is InChI=1S/C13H16FNO/c1-2-13(7-8-13)9-15-12(16)10-3-5-11(14)6-4-10/h3-6H,2,7-9H2,1H3,(H,15,16). The first-order valence-electron chi connectivity index (χ1n) is 5.69. The van der Waals surface area contributed by atoms with Gasteiger partial charge in [0.25, 0.3) is 5.91 Å². The molecule has 1 saturated carbocycles. The quantitative estimate of drug-likeness (QED) is 0.832. The number of halogens is 1. The number of nitrogens with one attached hydrogen (secondary N) is 1. The molecule has 1 aromatic rings. The van der Waals surface area contributed by atoms with Crippen LogP contribution in [0, 0.1) is 11.2 Å². The molecule has 1 aliphatic carbocycles. The first-order valence-corrected chi connectivity index (χ1v) is 5.69. The van der Waals surface area contributed by atoms with Crippen molar-refractivity contribution in [1.29, 1.82) is 0 Å². The Hall–Kier alpha value is -1.38. The number of amides is 1. The van der Waals surface area contributed by atoms with Crippen LogP contribution in [0.5, 0.6) is 0 Å². The lowest BCUT2D eigenvalue weighted by Crippen LogP contribution is -2.29. The minimum atomic E-state index is -0.316. The lowest BCUT2D eigenvalue weighted by atomic mass is 10.0. The predicted octanol–water partition coefficient (Wildman–Crippen LogP) is 2.75. The van der Waals surface area contributed by atoms with Crippen LogP contribution in [-0.4, -0.2) is 12.5 Å². The Morgan fingerprint density at radius 1 is 1.38 bits per heavy atom. The van der Waals surface area contributed by atoms with Gasteiger partial charge in [0.2, 0.25) is 0 Å². The van der Waals surface area contributed by atoms with Crippen LogP contribution in [0.15, 0.2) is 24.3 Å². The van der Waals surface area contributed by atoms with E-state index in [9.17, 15) is 9.18 Å². The third-order valence-corrected chi connectivity index (χ3v) is 3.44. The number of benzene rings is 1. The molecule has 1 aromatic carbocycles. The summed E-state index contributed by atoms with van der Waals surface area (Å²) in [6.45, 7) is 2.89. The Bertz CT molecular complexity index is 381. The lowest BCUT2D eigenvalue weighted by Gasteiger charge is -2.13. The van der Waals surface area contributed by atoms with Crippen molar-refractivity contribution < 1.29 is 9.18 Å². The second-order valence-electron chi connectivity index (χ2n) is 4.54. The van der Waals surface area contributed by atoms with Crippen LogP contribution >= 0.6 is 0 Å². The van der Waals surface area contributed by atoms with E-state index in [1.165, 1.54) is 37.1 Å². The molecule has 0 radical (unpaired) electrons. The summed E-state index contributed by atoms with van der Waals surface area (Å²) in [7, 11) is 0. The van der Waals surface area contributed by atoms with Crippen molar-refractivity contribution in [1.82, 2.24) is 5.32 Å². The predicted molar refractivity (Wildman–Crippen MR) is 60.7 cm³/mol. The Labute approximate surface area is 94.9 Å². The van der Waals surface area contributed by atoms with E-state index in [-0.39, 0.29) is 11.7 Å². The van der Waals surface area contributed by atoms with E-state index in [0.29, 0.717) is 11.0 Å². The fraction of sp³-hybridized carbons (Fsp3) is 0.462. The van der Waals surface area contributed by atoms with Gasteiger partial charge in [0.1, 0.15) is 5.82 Å². The molecule has 1 N–H and O–H groups in total. The van der Waals surface area contributed by atoms with E-state index >= 15 is 0 Å². The zero-order chi connectivity index (χ0) is 11.6. The lowest BCUT2D eigenvalue weighted by molar-refractivity contribution is 0.0944. The monoisotopic (exact) mass is 221 g/mol. The third kappa shape index (κ3) is 2.40. The molecule has 86 valence electrons. The molecule has 0 bridgehead atoms. The summed E-state index contributed by atoms with van der Waals surface area (Å²) in [5.74, 6) is -0.427. The zero-order valence-corrected chi connectivity index (χ0v) is 9.42. The van der Waals surface area contributed by atoms with E-state index < -0.39 is 0 Å². The van der Waals surface area contributed by atoms with Gasteiger partial charge in [-0.15, -0.1) is 0 Å². The summed E-state index contributed by atoms with van der Waals surface area (Å²) >= 11 is 0. The summed E-state index contributed by atoms with van der Waals surface area (Å²) in [5, 5.41) is 2.91. The second kappa shape index (κ2) is 4.24. The van der Waals surface area contributed by atoms with Crippen LogP contribution in [0.1, 0.15) is 36.5 Å². The Balaban J connectivity index is 1.91. The van der Waals surface area contributed by atoms with E-state index in [2.05, 4.69) is 12.2 Å². The van der Waals surface area contributed by atoms with Crippen molar-refractivity contribution in [3.05, 3.63) is 35.6 Å². The highest BCUT2D eigenvalue weighted by Gasteiger charge is 2.40. The number of carbonyl (C=O) groups excluding carboxylic acids is 1. The summed E-state index contributed by atoms with van der Waals surface area (Å²) < 4.78 is 12.7. The highest BCUT2D eigenvalue weighted by atomic mass is 19.1. The SMILES string of the molecule is CCC1(CNC(=O)c2ccc(F)cc2)CC1. The molecule has 1 aliphatic rings. The first-order chi connectivity index (χ1) is 7.65. The molecule has 3 heteroatoms. The van der Waals surface area contributed by atoms with Gasteiger partial charge >= 0.3 is 0 Å². The van der Waals surface area contributed by atoms with Crippen LogP contribution in [0.4, 0.5) is 4.39 Å². The van der Waals surface area contributed by atoms with Gasteiger partial charge in [-0.1, -0.05) is 6.92 Å². The third-order valence-electron chi connectivity index (χ3n) is 3.44. The molecule has 1 amide bonds. The minimum Gasteiger partial charge on any atom is -0.351 e. The number of rotatable bonds is 4. The maximum atomic E-state index is 12.7. The molecule has 1 fully saturated rings. The topological polar surface area (TPSA) is 29.1 Å². The molecule has 16 heavy (non-hydrogen) atoms. The van der Waals surface area contributed by atoms with Gasteiger partial charge in [-0.2, -0.15) is 0 Å². The maximum Gasteiger partial charge on any atom is 0.251 e. The zero-order valence-electron chi connectivity index (χ0n) is 9.42. The second-order valence-corrected chi connectivity index (χ2v) is 4.54. The molecule has 0 aromatic heterocycles. The normalized spacial score (nSPS) is 16.9. The van der Waals surface area contributed by atoms with Crippen LogP contribution in [0.3, 0.4) is 0 Å². The Kier molecular flexibility index (Phi) is 2.95. The highest BCUT2D eigenvalue weighted by Crippen LogP contribution is 2.47. The number of carbonyl (C=O) groups is 1. The van der Waals surface area contributed by atoms with E-state index in [4.69, 9.17) is 0 Å². The van der Waals surface area contributed by atoms with Gasteiger partial charge < -0.3 is 5.32 Å². The van der Waals surface area contributed by atoms with Crippen molar-refractivity contribution in [2.45, 2.75) is 26.2 Å². The Morgan fingerprint density at radius 3 is 2.50 bits per heavy atom. The maximum absolute atomic E-state index is 12.7. The van der Waals surface area contributed by atoms with Crippen LogP contribution in [-0.2, 0) is 0 Å². The highest BCUT2D eigenvalue weighted by molar-refractivity contribution is 5.94. The molecule has 0 atom stereocenters. The summed E-state index contributed by atoms with van der Waals surface area (Å²) in [6.07, 6.45) is 3.51. The van der Waals surface area contributed by atoms with Gasteiger partial charge in [-0.05, 0) is 48.9 Å². The van der Waals surface area contributed by atoms with E-state index in [1.54, 1.807) is 0 Å². The van der Waals surface area contributed by atoms with Crippen molar-refractivity contribution >= 4 is 5.91 Å². The van der Waals surface area contributed by atoms with Gasteiger partial charge in [-0.25, -0.2) is 4.39 Å². The average Bonchev–Trinajstić information content (AvgIpc) is 3.08. The van der Waals surface area contributed by atoms with Crippen LogP contribution in [0.25, 0.3) is 0 Å². The number of hydrogen-bond donors (Lipinski definition) is 1. The van der Waals surface area contributed by atoms with Gasteiger partial charge in [-0.3, -0.25) is 4.79 Å². The summed E-state index contributed by atoms with van der Waals surface area (Å²) in [4.78, 5) is 11.7. The van der Waals surface area contributed by atoms with Gasteiger partial charge in [0.15, 0.2) is 0 Å². The average molecular weight is 221 g/mol. The summed E-state index contributed by atoms with van der Waals surface area (Å²) in [5.41, 5.74) is 0.865. The molecule has 0 heterocycles. The molecule has 0 spiro atoms. The van der Waals surface area contributed by atoms with Crippen molar-refractivity contribution in [3.63, 3.8) is 0 Å². The molecule has 2 rings (SSSR count). The fourth-order valence-corrected chi connectivity index (χ4v) is 1.80.